The maximum Gasteiger partial charge on any atom is 0.0460 e. The number of likely N-dealkylation sites (tertiary alicyclic amines) is 1. The van der Waals surface area contributed by atoms with Crippen LogP contribution in [0.3, 0.4) is 0 Å². The molecule has 0 amide bonds. The van der Waals surface area contributed by atoms with E-state index in [0.717, 1.165) is 0 Å². The predicted molar refractivity (Wildman–Crippen MR) is 78.9 cm³/mol. The zero-order valence-corrected chi connectivity index (χ0v) is 12.4. The van der Waals surface area contributed by atoms with Gasteiger partial charge in [-0.05, 0) is 44.8 Å². The third-order valence-electron chi connectivity index (χ3n) is 4.29. The van der Waals surface area contributed by atoms with Crippen LogP contribution in [0.1, 0.15) is 71.1 Å². The van der Waals surface area contributed by atoms with Gasteiger partial charge in [0.05, 0.1) is 0 Å². The fourth-order valence-electron chi connectivity index (χ4n) is 2.86. The molecule has 0 aromatic rings. The van der Waals surface area contributed by atoms with Crippen LogP contribution in [0.2, 0.25) is 0 Å². The largest absolute Gasteiger partial charge is 0.396 e. The van der Waals surface area contributed by atoms with Crippen LogP contribution in [0, 0.1) is 5.92 Å². The Labute approximate surface area is 114 Å². The summed E-state index contributed by atoms with van der Waals surface area (Å²) in [5, 5.41) is 9.09. The first-order valence-electron chi connectivity index (χ1n) is 8.20. The average molecular weight is 255 g/mol. The van der Waals surface area contributed by atoms with Gasteiger partial charge in [-0.1, -0.05) is 51.9 Å². The molecule has 0 radical (unpaired) electrons. The molecule has 0 aromatic carbocycles. The van der Waals surface area contributed by atoms with Gasteiger partial charge in [0.1, 0.15) is 0 Å². The molecule has 1 N–H and O–H groups in total. The van der Waals surface area contributed by atoms with Gasteiger partial charge in [-0.3, -0.25) is 0 Å². The molecule has 0 aromatic heterocycles. The molecule has 0 atom stereocenters. The molecule has 0 bridgehead atoms. The van der Waals surface area contributed by atoms with Crippen molar-refractivity contribution in [2.24, 2.45) is 5.92 Å². The Morgan fingerprint density at radius 1 is 0.889 bits per heavy atom. The van der Waals surface area contributed by atoms with Crippen LogP contribution in [0.4, 0.5) is 0 Å². The van der Waals surface area contributed by atoms with Crippen molar-refractivity contribution in [3.8, 4) is 0 Å². The fraction of sp³-hybridized carbons (Fsp3) is 1.00. The topological polar surface area (TPSA) is 23.5 Å². The fourth-order valence-corrected chi connectivity index (χ4v) is 2.86. The van der Waals surface area contributed by atoms with E-state index in [4.69, 9.17) is 5.11 Å². The second-order valence-corrected chi connectivity index (χ2v) is 5.94. The quantitative estimate of drug-likeness (QED) is 0.600. The SMILES string of the molecule is CCCCCCCCCCN1CCC(CO)CC1. The number of nitrogens with zero attached hydrogens (tertiary/aromatic N) is 1. The minimum Gasteiger partial charge on any atom is -0.396 e. The number of piperidine rings is 1. The van der Waals surface area contributed by atoms with Crippen molar-refractivity contribution >= 4 is 0 Å². The van der Waals surface area contributed by atoms with Gasteiger partial charge in [0.2, 0.25) is 0 Å². The highest BCUT2D eigenvalue weighted by molar-refractivity contribution is 4.71. The van der Waals surface area contributed by atoms with Gasteiger partial charge in [0.15, 0.2) is 0 Å². The Morgan fingerprint density at radius 2 is 1.44 bits per heavy atom. The van der Waals surface area contributed by atoms with Crippen LogP contribution >= 0.6 is 0 Å². The Balaban J connectivity index is 1.84. The number of unbranched alkanes of at least 4 members (excludes halogenated alkanes) is 7. The van der Waals surface area contributed by atoms with E-state index >= 15 is 0 Å². The summed E-state index contributed by atoms with van der Waals surface area (Å²) in [5.74, 6) is 0.583. The summed E-state index contributed by atoms with van der Waals surface area (Å²) in [6, 6.07) is 0. The van der Waals surface area contributed by atoms with Crippen molar-refractivity contribution in [3.63, 3.8) is 0 Å². The molecule has 0 unspecified atom stereocenters. The minimum atomic E-state index is 0.394. The molecule has 1 rings (SSSR count). The van der Waals surface area contributed by atoms with E-state index in [1.54, 1.807) is 0 Å². The molecule has 18 heavy (non-hydrogen) atoms. The number of hydrogen-bond donors (Lipinski definition) is 1. The first-order chi connectivity index (χ1) is 8.86. The second-order valence-electron chi connectivity index (χ2n) is 5.94. The third kappa shape index (κ3) is 7.38. The summed E-state index contributed by atoms with van der Waals surface area (Å²) < 4.78 is 0. The van der Waals surface area contributed by atoms with Crippen LogP contribution in [0.5, 0.6) is 0 Å². The summed E-state index contributed by atoms with van der Waals surface area (Å²) in [6.45, 7) is 6.38. The summed E-state index contributed by atoms with van der Waals surface area (Å²) in [5.41, 5.74) is 0. The molecule has 2 heteroatoms. The van der Waals surface area contributed by atoms with Gasteiger partial charge in [-0.2, -0.15) is 0 Å². The summed E-state index contributed by atoms with van der Waals surface area (Å²) in [4.78, 5) is 2.59. The lowest BCUT2D eigenvalue weighted by molar-refractivity contribution is 0.130. The Kier molecular flexibility index (Phi) is 9.59. The smallest absolute Gasteiger partial charge is 0.0460 e. The summed E-state index contributed by atoms with van der Waals surface area (Å²) >= 11 is 0. The summed E-state index contributed by atoms with van der Waals surface area (Å²) in [7, 11) is 0. The van der Waals surface area contributed by atoms with Gasteiger partial charge < -0.3 is 10.0 Å². The van der Waals surface area contributed by atoms with Gasteiger partial charge in [0, 0.05) is 6.61 Å². The van der Waals surface area contributed by atoms with Crippen molar-refractivity contribution in [1.82, 2.24) is 4.90 Å². The molecule has 1 aliphatic heterocycles. The Hall–Kier alpha value is -0.0800. The van der Waals surface area contributed by atoms with Crippen LogP contribution in [-0.2, 0) is 0 Å². The number of aliphatic hydroxyl groups is 1. The molecule has 108 valence electrons. The molecule has 0 spiro atoms. The van der Waals surface area contributed by atoms with Gasteiger partial charge in [0.25, 0.3) is 0 Å². The zero-order valence-electron chi connectivity index (χ0n) is 12.4. The lowest BCUT2D eigenvalue weighted by Gasteiger charge is -2.30. The lowest BCUT2D eigenvalue weighted by atomic mass is 9.97. The zero-order chi connectivity index (χ0) is 13.1. The van der Waals surface area contributed by atoms with Crippen molar-refractivity contribution in [2.45, 2.75) is 71.1 Å². The van der Waals surface area contributed by atoms with Crippen LogP contribution in [0.15, 0.2) is 0 Å². The second kappa shape index (κ2) is 10.8. The molecular formula is C16H33NO. The monoisotopic (exact) mass is 255 g/mol. The lowest BCUT2D eigenvalue weighted by Crippen LogP contribution is -2.35. The van der Waals surface area contributed by atoms with Gasteiger partial charge in [-0.25, -0.2) is 0 Å². The maximum atomic E-state index is 9.09. The molecule has 1 fully saturated rings. The van der Waals surface area contributed by atoms with Crippen LogP contribution in [-0.4, -0.2) is 36.2 Å². The standard InChI is InChI=1S/C16H33NO/c1-2-3-4-5-6-7-8-9-12-17-13-10-16(15-18)11-14-17/h16,18H,2-15H2,1H3. The van der Waals surface area contributed by atoms with Crippen LogP contribution in [0.25, 0.3) is 0 Å². The van der Waals surface area contributed by atoms with E-state index in [2.05, 4.69) is 11.8 Å². The molecule has 1 heterocycles. The van der Waals surface area contributed by atoms with Crippen molar-refractivity contribution in [3.05, 3.63) is 0 Å². The number of aliphatic hydroxyl groups excluding tert-OH is 1. The normalized spacial score (nSPS) is 18.3. The van der Waals surface area contributed by atoms with Gasteiger partial charge >= 0.3 is 0 Å². The highest BCUT2D eigenvalue weighted by Crippen LogP contribution is 2.17. The van der Waals surface area contributed by atoms with E-state index in [0.29, 0.717) is 12.5 Å². The predicted octanol–water partition coefficient (Wildman–Crippen LogP) is 3.83. The summed E-state index contributed by atoms with van der Waals surface area (Å²) in [6.07, 6.45) is 13.7. The molecule has 1 aliphatic rings. The number of hydrogen-bond acceptors (Lipinski definition) is 2. The minimum absolute atomic E-state index is 0.394. The molecule has 0 saturated carbocycles. The highest BCUT2D eigenvalue weighted by atomic mass is 16.3. The molecule has 0 aliphatic carbocycles. The third-order valence-corrected chi connectivity index (χ3v) is 4.29. The van der Waals surface area contributed by atoms with E-state index in [9.17, 15) is 0 Å². The maximum absolute atomic E-state index is 9.09. The van der Waals surface area contributed by atoms with Crippen LogP contribution < -0.4 is 0 Å². The van der Waals surface area contributed by atoms with Gasteiger partial charge in [-0.15, -0.1) is 0 Å². The van der Waals surface area contributed by atoms with E-state index in [1.807, 2.05) is 0 Å². The van der Waals surface area contributed by atoms with Crippen molar-refractivity contribution in [2.75, 3.05) is 26.2 Å². The Morgan fingerprint density at radius 3 is 2.00 bits per heavy atom. The first-order valence-corrected chi connectivity index (χ1v) is 8.20. The average Bonchev–Trinajstić information content (AvgIpc) is 2.42. The van der Waals surface area contributed by atoms with E-state index < -0.39 is 0 Å². The van der Waals surface area contributed by atoms with Crippen molar-refractivity contribution < 1.29 is 5.11 Å². The first kappa shape index (κ1) is 16.0. The Bertz CT molecular complexity index is 176. The van der Waals surface area contributed by atoms with E-state index in [1.165, 1.54) is 83.8 Å². The number of rotatable bonds is 10. The molecular weight excluding hydrogens is 222 g/mol. The van der Waals surface area contributed by atoms with Crippen molar-refractivity contribution in [1.29, 1.82) is 0 Å². The molecule has 1 saturated heterocycles. The van der Waals surface area contributed by atoms with E-state index in [-0.39, 0.29) is 0 Å². The highest BCUT2D eigenvalue weighted by Gasteiger charge is 2.17. The molecule has 2 nitrogen and oxygen atoms in total.